The average Bonchev–Trinajstić information content (AvgIpc) is 2.64. The molecular weight excluding hydrogens is 262 g/mol. The number of aromatic nitrogens is 1. The first-order valence-corrected chi connectivity index (χ1v) is 5.99. The van der Waals surface area contributed by atoms with E-state index in [2.05, 4.69) is 4.98 Å². The molecule has 106 valence electrons. The van der Waals surface area contributed by atoms with E-state index >= 15 is 0 Å². The predicted octanol–water partition coefficient (Wildman–Crippen LogP) is 2.24. The fraction of sp³-hybridized carbons (Fsp3) is 0.286. The maximum absolute atomic E-state index is 11.4. The van der Waals surface area contributed by atoms with Crippen LogP contribution in [0.25, 0.3) is 10.9 Å². The molecule has 6 nitrogen and oxygen atoms in total. The van der Waals surface area contributed by atoms with E-state index in [0.717, 1.165) is 0 Å². The quantitative estimate of drug-likeness (QED) is 0.687. The van der Waals surface area contributed by atoms with Crippen LogP contribution in [0.2, 0.25) is 0 Å². The van der Waals surface area contributed by atoms with E-state index in [4.69, 9.17) is 0 Å². The molecule has 4 N–H and O–H groups in total. The van der Waals surface area contributed by atoms with Gasteiger partial charge in [0, 0.05) is 22.2 Å². The van der Waals surface area contributed by atoms with Crippen molar-refractivity contribution in [1.29, 1.82) is 0 Å². The molecule has 2 aromatic rings. The van der Waals surface area contributed by atoms with Crippen LogP contribution < -0.4 is 0 Å². The van der Waals surface area contributed by atoms with Gasteiger partial charge in [0.1, 0.15) is 5.75 Å². The highest BCUT2D eigenvalue weighted by molar-refractivity contribution is 6.08. The van der Waals surface area contributed by atoms with E-state index in [1.54, 1.807) is 6.92 Å². The third-order valence-corrected chi connectivity index (χ3v) is 3.50. The first-order valence-electron chi connectivity index (χ1n) is 5.99. The van der Waals surface area contributed by atoms with Crippen molar-refractivity contribution in [3.63, 3.8) is 0 Å². The zero-order valence-electron chi connectivity index (χ0n) is 11.3. The molecule has 0 amide bonds. The van der Waals surface area contributed by atoms with Crippen molar-refractivity contribution in [2.45, 2.75) is 26.2 Å². The Morgan fingerprint density at radius 3 is 2.30 bits per heavy atom. The zero-order valence-corrected chi connectivity index (χ0v) is 11.3. The first kappa shape index (κ1) is 13.9. The van der Waals surface area contributed by atoms with Crippen molar-refractivity contribution in [2.75, 3.05) is 0 Å². The van der Waals surface area contributed by atoms with Crippen LogP contribution in [0.1, 0.15) is 35.5 Å². The molecule has 1 aromatic carbocycles. The summed E-state index contributed by atoms with van der Waals surface area (Å²) >= 11 is 0. The summed E-state index contributed by atoms with van der Waals surface area (Å²) in [6.45, 7) is 4.45. The lowest BCUT2D eigenvalue weighted by Crippen LogP contribution is -2.29. The van der Waals surface area contributed by atoms with Gasteiger partial charge in [-0.25, -0.2) is 4.79 Å². The number of H-pyrrole nitrogens is 1. The Labute approximate surface area is 114 Å². The molecule has 1 heterocycles. The Balaban J connectivity index is 3.00. The topological polar surface area (TPSA) is 111 Å². The number of aromatic amines is 1. The van der Waals surface area contributed by atoms with Gasteiger partial charge in [-0.15, -0.1) is 0 Å². The minimum atomic E-state index is -1.41. The number of aromatic hydroxyl groups is 1. The van der Waals surface area contributed by atoms with E-state index in [1.165, 1.54) is 26.0 Å². The number of phenols is 1. The molecular formula is C14H15NO5. The number of benzene rings is 1. The number of phenolic OH excluding ortho intramolecular Hbond substituents is 1. The van der Waals surface area contributed by atoms with Gasteiger partial charge in [0.2, 0.25) is 0 Å². The van der Waals surface area contributed by atoms with Gasteiger partial charge < -0.3 is 20.3 Å². The first-order chi connectivity index (χ1) is 9.17. The minimum absolute atomic E-state index is 0.0137. The van der Waals surface area contributed by atoms with Crippen LogP contribution in [0, 0.1) is 6.92 Å². The van der Waals surface area contributed by atoms with Gasteiger partial charge >= 0.3 is 11.9 Å². The van der Waals surface area contributed by atoms with Gasteiger partial charge in [-0.1, -0.05) is 0 Å². The van der Waals surface area contributed by atoms with E-state index in [1.807, 2.05) is 0 Å². The highest BCUT2D eigenvalue weighted by Gasteiger charge is 2.36. The summed E-state index contributed by atoms with van der Waals surface area (Å²) in [5, 5.41) is 28.9. The fourth-order valence-electron chi connectivity index (χ4n) is 2.41. The Morgan fingerprint density at radius 1 is 1.20 bits per heavy atom. The van der Waals surface area contributed by atoms with Crippen LogP contribution in [0.3, 0.4) is 0 Å². The Morgan fingerprint density at radius 2 is 1.80 bits per heavy atom. The highest BCUT2D eigenvalue weighted by atomic mass is 16.4. The van der Waals surface area contributed by atoms with Gasteiger partial charge in [-0.2, -0.15) is 0 Å². The highest BCUT2D eigenvalue weighted by Crippen LogP contribution is 2.39. The van der Waals surface area contributed by atoms with Crippen LogP contribution >= 0.6 is 0 Å². The van der Waals surface area contributed by atoms with Crippen molar-refractivity contribution in [3.8, 4) is 5.75 Å². The van der Waals surface area contributed by atoms with Crippen molar-refractivity contribution in [2.24, 2.45) is 0 Å². The Kier molecular flexibility index (Phi) is 2.97. The average molecular weight is 277 g/mol. The third-order valence-electron chi connectivity index (χ3n) is 3.50. The van der Waals surface area contributed by atoms with E-state index < -0.39 is 17.4 Å². The number of hydrogen-bond acceptors (Lipinski definition) is 3. The number of carboxylic acids is 2. The molecule has 0 radical (unpaired) electrons. The molecule has 0 atom stereocenters. The van der Waals surface area contributed by atoms with Crippen LogP contribution in [0.5, 0.6) is 5.75 Å². The zero-order chi connectivity index (χ0) is 15.2. The number of aromatic carboxylic acids is 1. The lowest BCUT2D eigenvalue weighted by atomic mass is 9.81. The Bertz CT molecular complexity index is 727. The van der Waals surface area contributed by atoms with Crippen molar-refractivity contribution in [1.82, 2.24) is 4.98 Å². The SMILES string of the molecule is Cc1[nH]c2ccc(O)c(C(C)(C)C(=O)O)c2c1C(=O)O. The number of carboxylic acid groups (broad SMARTS) is 2. The minimum Gasteiger partial charge on any atom is -0.508 e. The second-order valence-electron chi connectivity index (χ2n) is 5.24. The van der Waals surface area contributed by atoms with Crippen LogP contribution in [-0.4, -0.2) is 32.2 Å². The number of aryl methyl sites for hydroxylation is 1. The summed E-state index contributed by atoms with van der Waals surface area (Å²) in [4.78, 5) is 25.7. The van der Waals surface area contributed by atoms with E-state index in [9.17, 15) is 24.9 Å². The van der Waals surface area contributed by atoms with Gasteiger partial charge in [-0.05, 0) is 32.9 Å². The van der Waals surface area contributed by atoms with E-state index in [0.29, 0.717) is 11.2 Å². The molecule has 0 fully saturated rings. The molecule has 1 aromatic heterocycles. The number of carbonyl (C=O) groups is 2. The molecule has 0 spiro atoms. The smallest absolute Gasteiger partial charge is 0.338 e. The van der Waals surface area contributed by atoms with Crippen molar-refractivity contribution in [3.05, 3.63) is 29.0 Å². The largest absolute Gasteiger partial charge is 0.508 e. The molecule has 0 saturated heterocycles. The molecule has 0 aliphatic carbocycles. The summed E-state index contributed by atoms with van der Waals surface area (Å²) in [5.41, 5.74) is -0.422. The summed E-state index contributed by atoms with van der Waals surface area (Å²) < 4.78 is 0. The molecule has 0 unspecified atom stereocenters. The summed E-state index contributed by atoms with van der Waals surface area (Å²) in [6, 6.07) is 2.90. The second-order valence-corrected chi connectivity index (χ2v) is 5.24. The number of hydrogen-bond donors (Lipinski definition) is 4. The molecule has 2 rings (SSSR count). The molecule has 6 heteroatoms. The number of rotatable bonds is 3. The van der Waals surface area contributed by atoms with Gasteiger partial charge in [0.05, 0.1) is 11.0 Å². The molecule has 0 bridgehead atoms. The summed E-state index contributed by atoms with van der Waals surface area (Å²) in [6.07, 6.45) is 0. The lowest BCUT2D eigenvalue weighted by molar-refractivity contribution is -0.142. The molecule has 0 aliphatic heterocycles. The van der Waals surface area contributed by atoms with Crippen LogP contribution in [-0.2, 0) is 10.2 Å². The van der Waals surface area contributed by atoms with Gasteiger partial charge in [0.15, 0.2) is 0 Å². The number of aliphatic carboxylic acids is 1. The fourth-order valence-corrected chi connectivity index (χ4v) is 2.41. The lowest BCUT2D eigenvalue weighted by Gasteiger charge is -2.22. The third kappa shape index (κ3) is 1.80. The van der Waals surface area contributed by atoms with Crippen molar-refractivity contribution < 1.29 is 24.9 Å². The van der Waals surface area contributed by atoms with Crippen molar-refractivity contribution >= 4 is 22.8 Å². The maximum Gasteiger partial charge on any atom is 0.338 e. The van der Waals surface area contributed by atoms with Crippen LogP contribution in [0.15, 0.2) is 12.1 Å². The van der Waals surface area contributed by atoms with Gasteiger partial charge in [-0.3, -0.25) is 4.79 Å². The monoisotopic (exact) mass is 277 g/mol. The molecule has 20 heavy (non-hydrogen) atoms. The predicted molar refractivity (Wildman–Crippen MR) is 72.3 cm³/mol. The van der Waals surface area contributed by atoms with Crippen LogP contribution in [0.4, 0.5) is 0 Å². The molecule has 0 aliphatic rings. The van der Waals surface area contributed by atoms with E-state index in [-0.39, 0.29) is 22.3 Å². The summed E-state index contributed by atoms with van der Waals surface area (Å²) in [7, 11) is 0. The summed E-state index contributed by atoms with van der Waals surface area (Å²) in [5.74, 6) is -2.54. The maximum atomic E-state index is 11.4. The Hall–Kier alpha value is -2.50. The standard InChI is InChI=1S/C14H15NO5/c1-6-9(12(17)18)10-7(15-6)4-5-8(16)11(10)14(2,3)13(19)20/h4-5,15-16H,1-3H3,(H,17,18)(H,19,20). The molecule has 0 saturated carbocycles. The number of fused-ring (bicyclic) bond motifs is 1. The second kappa shape index (κ2) is 4.26. The normalized spacial score (nSPS) is 11.8. The number of nitrogens with one attached hydrogen (secondary N) is 1. The van der Waals surface area contributed by atoms with Gasteiger partial charge in [0.25, 0.3) is 0 Å².